The lowest BCUT2D eigenvalue weighted by molar-refractivity contribution is 0.304. The highest BCUT2D eigenvalue weighted by Crippen LogP contribution is 2.36. The van der Waals surface area contributed by atoms with E-state index in [2.05, 4.69) is 13.2 Å². The fraction of sp³-hybridized carbons (Fsp3) is 0.370. The average Bonchev–Trinajstić information content (AvgIpc) is 2.64. The number of nitrogens with zero attached hydrogens (tertiary/aromatic N) is 1. The summed E-state index contributed by atoms with van der Waals surface area (Å²) in [6, 6.07) is 5.36. The van der Waals surface area contributed by atoms with Crippen molar-refractivity contribution in [1.29, 1.82) is 0 Å². The molecule has 0 saturated heterocycles. The number of allylic oxidation sites excluding steroid dienone is 7. The Morgan fingerprint density at radius 3 is 2.53 bits per heavy atom. The Labute approximate surface area is 181 Å². The summed E-state index contributed by atoms with van der Waals surface area (Å²) in [5.74, 6) is 1.08. The molecule has 1 fully saturated rings. The molecule has 0 aliphatic heterocycles. The zero-order chi connectivity index (χ0) is 22.3. The van der Waals surface area contributed by atoms with Crippen molar-refractivity contribution in [3.05, 3.63) is 94.6 Å². The van der Waals surface area contributed by atoms with Crippen molar-refractivity contribution in [2.75, 3.05) is 13.7 Å². The van der Waals surface area contributed by atoms with Crippen LogP contribution in [0.1, 0.15) is 51.2 Å². The molecule has 1 saturated carbocycles. The predicted octanol–water partition coefficient (Wildman–Crippen LogP) is 7.28. The minimum absolute atomic E-state index is 0.231. The lowest BCUT2D eigenvalue weighted by Crippen LogP contribution is -2.17. The fourth-order valence-electron chi connectivity index (χ4n) is 3.84. The molecule has 0 aromatic heterocycles. The van der Waals surface area contributed by atoms with Gasteiger partial charge in [-0.15, -0.1) is 0 Å². The van der Waals surface area contributed by atoms with Crippen LogP contribution in [0.4, 0.5) is 4.39 Å². The second kappa shape index (κ2) is 10.9. The van der Waals surface area contributed by atoms with Crippen LogP contribution in [0.25, 0.3) is 0 Å². The van der Waals surface area contributed by atoms with Gasteiger partial charge in [-0.05, 0) is 82.2 Å². The quantitative estimate of drug-likeness (QED) is 0.239. The summed E-state index contributed by atoms with van der Waals surface area (Å²) in [5, 5.41) is 0. The van der Waals surface area contributed by atoms with Crippen molar-refractivity contribution in [2.24, 2.45) is 10.9 Å². The van der Waals surface area contributed by atoms with Gasteiger partial charge >= 0.3 is 0 Å². The third-order valence-corrected chi connectivity index (χ3v) is 5.41. The van der Waals surface area contributed by atoms with Crippen molar-refractivity contribution in [1.82, 2.24) is 0 Å². The van der Waals surface area contributed by atoms with E-state index in [4.69, 9.17) is 9.73 Å². The Hall–Kier alpha value is -2.68. The molecule has 2 rings (SSSR count). The Kier molecular flexibility index (Phi) is 8.58. The molecular weight excluding hydrogens is 373 g/mol. The van der Waals surface area contributed by atoms with Crippen LogP contribution in [0.3, 0.4) is 0 Å². The van der Waals surface area contributed by atoms with E-state index in [1.807, 2.05) is 52.0 Å². The van der Waals surface area contributed by atoms with Crippen LogP contribution < -0.4 is 0 Å². The molecule has 0 heterocycles. The largest absolute Gasteiger partial charge is 0.497 e. The molecular formula is C27H34FNO. The normalized spacial score (nSPS) is 16.6. The first-order valence-corrected chi connectivity index (χ1v) is 10.5. The van der Waals surface area contributed by atoms with E-state index in [1.165, 1.54) is 5.57 Å². The van der Waals surface area contributed by atoms with Gasteiger partial charge in [-0.1, -0.05) is 42.5 Å². The van der Waals surface area contributed by atoms with Crippen LogP contribution >= 0.6 is 0 Å². The number of hydrogen-bond donors (Lipinski definition) is 0. The van der Waals surface area contributed by atoms with E-state index in [-0.39, 0.29) is 5.82 Å². The SMILES string of the molecule is C=C/C=C(/C)C(C(=NCCC1CC(=CC(=C)OC)C1)c1ccc(C)cc1F)=C(C)C. The number of aryl methyl sites for hydroxylation is 1. The van der Waals surface area contributed by atoms with Gasteiger partial charge in [-0.25, -0.2) is 4.39 Å². The van der Waals surface area contributed by atoms with Gasteiger partial charge < -0.3 is 4.74 Å². The molecule has 0 N–H and O–H groups in total. The number of methoxy groups -OCH3 is 1. The molecule has 0 radical (unpaired) electrons. The Bertz CT molecular complexity index is 918. The van der Waals surface area contributed by atoms with Gasteiger partial charge in [0.25, 0.3) is 0 Å². The third-order valence-electron chi connectivity index (χ3n) is 5.41. The van der Waals surface area contributed by atoms with Crippen molar-refractivity contribution < 1.29 is 9.13 Å². The zero-order valence-electron chi connectivity index (χ0n) is 19.0. The number of halogens is 1. The molecule has 0 atom stereocenters. The molecule has 1 aliphatic carbocycles. The summed E-state index contributed by atoms with van der Waals surface area (Å²) >= 11 is 0. The molecule has 3 heteroatoms. The number of benzene rings is 1. The molecule has 160 valence electrons. The van der Waals surface area contributed by atoms with Crippen LogP contribution in [0.15, 0.2) is 82.6 Å². The zero-order valence-corrected chi connectivity index (χ0v) is 19.0. The summed E-state index contributed by atoms with van der Waals surface area (Å²) in [7, 11) is 1.64. The monoisotopic (exact) mass is 407 g/mol. The second-order valence-corrected chi connectivity index (χ2v) is 8.21. The minimum Gasteiger partial charge on any atom is -0.497 e. The lowest BCUT2D eigenvalue weighted by Gasteiger charge is -2.29. The van der Waals surface area contributed by atoms with E-state index < -0.39 is 0 Å². The molecule has 0 spiro atoms. The molecule has 1 aromatic rings. The Morgan fingerprint density at radius 2 is 1.97 bits per heavy atom. The van der Waals surface area contributed by atoms with E-state index in [9.17, 15) is 4.39 Å². The van der Waals surface area contributed by atoms with Crippen LogP contribution in [0, 0.1) is 18.7 Å². The summed E-state index contributed by atoms with van der Waals surface area (Å²) in [5.41, 5.74) is 6.69. The summed E-state index contributed by atoms with van der Waals surface area (Å²) in [6.07, 6.45) is 8.83. The van der Waals surface area contributed by atoms with Crippen LogP contribution in [0.2, 0.25) is 0 Å². The van der Waals surface area contributed by atoms with Gasteiger partial charge in [0.2, 0.25) is 0 Å². The molecule has 0 unspecified atom stereocenters. The first-order chi connectivity index (χ1) is 14.3. The van der Waals surface area contributed by atoms with Crippen molar-refractivity contribution in [3.63, 3.8) is 0 Å². The fourth-order valence-corrected chi connectivity index (χ4v) is 3.84. The number of hydrogen-bond acceptors (Lipinski definition) is 2. The highest BCUT2D eigenvalue weighted by Gasteiger charge is 2.23. The van der Waals surface area contributed by atoms with E-state index in [0.29, 0.717) is 23.8 Å². The topological polar surface area (TPSA) is 21.6 Å². The highest BCUT2D eigenvalue weighted by atomic mass is 19.1. The van der Waals surface area contributed by atoms with E-state index in [1.54, 1.807) is 19.3 Å². The molecule has 0 bridgehead atoms. The standard InChI is InChI=1S/C27H34FNO/c1-8-9-20(5)26(18(2)3)27(24-11-10-19(4)14-25(24)28)29-13-12-22-16-23(17-22)15-21(6)30-7/h8-11,14-15,22H,1,6,12-13,16-17H2,2-5,7H3/b20-9-,23-15?,29-27?. The first kappa shape index (κ1) is 23.6. The maximum absolute atomic E-state index is 14.9. The smallest absolute Gasteiger partial charge is 0.132 e. The number of rotatable bonds is 9. The van der Waals surface area contributed by atoms with Gasteiger partial charge in [-0.2, -0.15) is 0 Å². The van der Waals surface area contributed by atoms with Crippen molar-refractivity contribution in [3.8, 4) is 0 Å². The van der Waals surface area contributed by atoms with E-state index >= 15 is 0 Å². The van der Waals surface area contributed by atoms with Gasteiger partial charge in [0.1, 0.15) is 11.6 Å². The van der Waals surface area contributed by atoms with Gasteiger partial charge in [0, 0.05) is 17.7 Å². The Balaban J connectivity index is 2.27. The number of ether oxygens (including phenoxy) is 1. The van der Waals surface area contributed by atoms with Crippen LogP contribution in [-0.4, -0.2) is 19.4 Å². The molecule has 1 aliphatic rings. The minimum atomic E-state index is -0.231. The third kappa shape index (κ3) is 6.16. The highest BCUT2D eigenvalue weighted by molar-refractivity contribution is 6.15. The lowest BCUT2D eigenvalue weighted by atomic mass is 9.78. The van der Waals surface area contributed by atoms with Crippen molar-refractivity contribution in [2.45, 2.75) is 47.0 Å². The predicted molar refractivity (Wildman–Crippen MR) is 126 cm³/mol. The summed E-state index contributed by atoms with van der Waals surface area (Å²) in [6.45, 7) is 16.3. The molecule has 30 heavy (non-hydrogen) atoms. The maximum Gasteiger partial charge on any atom is 0.132 e. The van der Waals surface area contributed by atoms with E-state index in [0.717, 1.165) is 47.3 Å². The summed E-state index contributed by atoms with van der Waals surface area (Å²) < 4.78 is 20.0. The average molecular weight is 408 g/mol. The van der Waals surface area contributed by atoms with Crippen LogP contribution in [-0.2, 0) is 4.74 Å². The second-order valence-electron chi connectivity index (χ2n) is 8.21. The molecule has 2 nitrogen and oxygen atoms in total. The first-order valence-electron chi connectivity index (χ1n) is 10.5. The maximum atomic E-state index is 14.9. The van der Waals surface area contributed by atoms with Crippen LogP contribution in [0.5, 0.6) is 0 Å². The summed E-state index contributed by atoms with van der Waals surface area (Å²) in [4.78, 5) is 4.92. The molecule has 0 amide bonds. The number of aliphatic imine (C=N–C) groups is 1. The van der Waals surface area contributed by atoms with Crippen molar-refractivity contribution >= 4 is 5.71 Å². The van der Waals surface area contributed by atoms with Gasteiger partial charge in [0.15, 0.2) is 0 Å². The van der Waals surface area contributed by atoms with Gasteiger partial charge in [-0.3, -0.25) is 4.99 Å². The Morgan fingerprint density at radius 1 is 1.27 bits per heavy atom. The molecule has 1 aromatic carbocycles. The van der Waals surface area contributed by atoms with Gasteiger partial charge in [0.05, 0.1) is 12.8 Å².